The van der Waals surface area contributed by atoms with Crippen molar-refractivity contribution < 1.29 is 4.74 Å². The van der Waals surface area contributed by atoms with Gasteiger partial charge in [-0.25, -0.2) is 4.98 Å². The molecule has 17 heavy (non-hydrogen) atoms. The van der Waals surface area contributed by atoms with E-state index in [9.17, 15) is 4.79 Å². The maximum Gasteiger partial charge on any atom is 0.251 e. The molecule has 0 N–H and O–H groups in total. The van der Waals surface area contributed by atoms with Gasteiger partial charge in [-0.1, -0.05) is 6.07 Å². The first-order valence-electron chi connectivity index (χ1n) is 5.36. The first kappa shape index (κ1) is 11.4. The second-order valence-electron chi connectivity index (χ2n) is 3.84. The second kappa shape index (κ2) is 4.82. The zero-order valence-electron chi connectivity index (χ0n) is 9.88. The van der Waals surface area contributed by atoms with E-state index < -0.39 is 0 Å². The quantitative estimate of drug-likeness (QED) is 0.804. The molecular weight excluding hydrogens is 216 g/mol. The number of pyridine rings is 2. The maximum absolute atomic E-state index is 11.7. The van der Waals surface area contributed by atoms with Gasteiger partial charge in [0.25, 0.3) is 5.56 Å². The first-order chi connectivity index (χ1) is 8.19. The van der Waals surface area contributed by atoms with Crippen LogP contribution in [0.25, 0.3) is 0 Å². The van der Waals surface area contributed by atoms with Crippen LogP contribution in [0.15, 0.2) is 41.3 Å². The lowest BCUT2D eigenvalue weighted by Crippen LogP contribution is -2.19. The fraction of sp³-hybridized carbons (Fsp3) is 0.231. The van der Waals surface area contributed by atoms with Crippen molar-refractivity contribution in [2.24, 2.45) is 0 Å². The summed E-state index contributed by atoms with van der Waals surface area (Å²) >= 11 is 0. The molecule has 88 valence electrons. The average molecular weight is 230 g/mol. The highest BCUT2D eigenvalue weighted by atomic mass is 16.5. The Balaban J connectivity index is 2.28. The van der Waals surface area contributed by atoms with Gasteiger partial charge in [-0.3, -0.25) is 4.79 Å². The van der Waals surface area contributed by atoms with E-state index in [0.717, 1.165) is 11.3 Å². The standard InChI is InChI=1S/C13H14N2O2/c1-10-6-7-15(13(16)8-10)9-11-4-3-5-12(14-11)17-2/h3-8H,9H2,1-2H3. The molecule has 0 atom stereocenters. The van der Waals surface area contributed by atoms with Crippen LogP contribution >= 0.6 is 0 Å². The zero-order chi connectivity index (χ0) is 12.3. The van der Waals surface area contributed by atoms with Gasteiger partial charge in [0.2, 0.25) is 5.88 Å². The number of aromatic nitrogens is 2. The molecule has 0 bridgehead atoms. The molecule has 0 aliphatic heterocycles. The molecule has 2 aromatic heterocycles. The number of methoxy groups -OCH3 is 1. The fourth-order valence-electron chi connectivity index (χ4n) is 1.57. The highest BCUT2D eigenvalue weighted by Gasteiger charge is 2.01. The molecule has 0 aliphatic carbocycles. The Hall–Kier alpha value is -2.10. The monoisotopic (exact) mass is 230 g/mol. The van der Waals surface area contributed by atoms with E-state index in [4.69, 9.17) is 4.74 Å². The van der Waals surface area contributed by atoms with Crippen LogP contribution in [0.4, 0.5) is 0 Å². The molecule has 2 rings (SSSR count). The number of rotatable bonds is 3. The van der Waals surface area contributed by atoms with Crippen LogP contribution in [0, 0.1) is 6.92 Å². The molecule has 0 spiro atoms. The molecule has 2 heterocycles. The normalized spacial score (nSPS) is 10.2. The van der Waals surface area contributed by atoms with Gasteiger partial charge in [-0.2, -0.15) is 0 Å². The third-order valence-corrected chi connectivity index (χ3v) is 2.47. The summed E-state index contributed by atoms with van der Waals surface area (Å²) in [6, 6.07) is 9.03. The molecule has 4 heteroatoms. The second-order valence-corrected chi connectivity index (χ2v) is 3.84. The Labute approximate surface area is 99.5 Å². The molecule has 0 aromatic carbocycles. The highest BCUT2D eigenvalue weighted by Crippen LogP contribution is 2.07. The topological polar surface area (TPSA) is 44.1 Å². The summed E-state index contributed by atoms with van der Waals surface area (Å²) in [7, 11) is 1.57. The van der Waals surface area contributed by atoms with Crippen molar-refractivity contribution in [1.82, 2.24) is 9.55 Å². The van der Waals surface area contributed by atoms with Crippen LogP contribution < -0.4 is 10.3 Å². The van der Waals surface area contributed by atoms with Gasteiger partial charge in [-0.15, -0.1) is 0 Å². The largest absolute Gasteiger partial charge is 0.481 e. The number of hydrogen-bond acceptors (Lipinski definition) is 3. The van der Waals surface area contributed by atoms with E-state index in [1.165, 1.54) is 0 Å². The van der Waals surface area contributed by atoms with Crippen molar-refractivity contribution in [2.75, 3.05) is 7.11 Å². The van der Waals surface area contributed by atoms with Gasteiger partial charge in [0, 0.05) is 18.3 Å². The lowest BCUT2D eigenvalue weighted by molar-refractivity contribution is 0.396. The van der Waals surface area contributed by atoms with Crippen molar-refractivity contribution in [3.8, 4) is 5.88 Å². The van der Waals surface area contributed by atoms with E-state index >= 15 is 0 Å². The van der Waals surface area contributed by atoms with Gasteiger partial charge >= 0.3 is 0 Å². The van der Waals surface area contributed by atoms with E-state index in [0.29, 0.717) is 12.4 Å². The van der Waals surface area contributed by atoms with Gasteiger partial charge < -0.3 is 9.30 Å². The average Bonchev–Trinajstić information content (AvgIpc) is 2.33. The lowest BCUT2D eigenvalue weighted by atomic mass is 10.3. The van der Waals surface area contributed by atoms with E-state index in [1.807, 2.05) is 25.1 Å². The number of hydrogen-bond donors (Lipinski definition) is 0. The summed E-state index contributed by atoms with van der Waals surface area (Å²) in [6.45, 7) is 2.35. The Morgan fingerprint density at radius 3 is 2.88 bits per heavy atom. The summed E-state index contributed by atoms with van der Waals surface area (Å²) in [5, 5.41) is 0. The molecule has 4 nitrogen and oxygen atoms in total. The predicted octanol–water partition coefficient (Wildman–Crippen LogP) is 1.61. The lowest BCUT2D eigenvalue weighted by Gasteiger charge is -2.06. The van der Waals surface area contributed by atoms with Crippen LogP contribution in [0.2, 0.25) is 0 Å². The van der Waals surface area contributed by atoms with Gasteiger partial charge in [0.05, 0.1) is 19.3 Å². The van der Waals surface area contributed by atoms with Crippen molar-refractivity contribution in [3.05, 3.63) is 58.1 Å². The van der Waals surface area contributed by atoms with Crippen LogP contribution in [-0.4, -0.2) is 16.7 Å². The van der Waals surface area contributed by atoms with Crippen LogP contribution in [0.5, 0.6) is 5.88 Å². The van der Waals surface area contributed by atoms with Crippen LogP contribution in [-0.2, 0) is 6.54 Å². The molecular formula is C13H14N2O2. The minimum Gasteiger partial charge on any atom is -0.481 e. The third kappa shape index (κ3) is 2.72. The molecule has 0 fully saturated rings. The highest BCUT2D eigenvalue weighted by molar-refractivity contribution is 5.16. The zero-order valence-corrected chi connectivity index (χ0v) is 9.88. The van der Waals surface area contributed by atoms with Crippen molar-refractivity contribution >= 4 is 0 Å². The summed E-state index contributed by atoms with van der Waals surface area (Å²) in [5.74, 6) is 0.558. The summed E-state index contributed by atoms with van der Waals surface area (Å²) in [5.41, 5.74) is 1.75. The molecule has 0 saturated heterocycles. The first-order valence-corrected chi connectivity index (χ1v) is 5.36. The molecule has 0 radical (unpaired) electrons. The van der Waals surface area contributed by atoms with E-state index in [-0.39, 0.29) is 5.56 Å². The third-order valence-electron chi connectivity index (χ3n) is 2.47. The van der Waals surface area contributed by atoms with Crippen molar-refractivity contribution in [1.29, 1.82) is 0 Å². The van der Waals surface area contributed by atoms with Gasteiger partial charge in [-0.05, 0) is 24.6 Å². The molecule has 0 amide bonds. The molecule has 0 unspecified atom stereocenters. The van der Waals surface area contributed by atoms with Crippen LogP contribution in [0.1, 0.15) is 11.3 Å². The predicted molar refractivity (Wildman–Crippen MR) is 65.3 cm³/mol. The summed E-state index contributed by atoms with van der Waals surface area (Å²) < 4.78 is 6.66. The van der Waals surface area contributed by atoms with Gasteiger partial charge in [0.15, 0.2) is 0 Å². The Bertz CT molecular complexity index is 576. The smallest absolute Gasteiger partial charge is 0.251 e. The number of aryl methyl sites for hydroxylation is 1. The Kier molecular flexibility index (Phi) is 3.23. The summed E-state index contributed by atoms with van der Waals surface area (Å²) in [4.78, 5) is 16.0. The minimum atomic E-state index is -0.0189. The molecule has 0 saturated carbocycles. The summed E-state index contributed by atoms with van der Waals surface area (Å²) in [6.07, 6.45) is 1.78. The number of ether oxygens (including phenoxy) is 1. The van der Waals surface area contributed by atoms with E-state index in [1.54, 1.807) is 30.0 Å². The van der Waals surface area contributed by atoms with E-state index in [2.05, 4.69) is 4.98 Å². The molecule has 0 aliphatic rings. The van der Waals surface area contributed by atoms with Crippen molar-refractivity contribution in [2.45, 2.75) is 13.5 Å². The Morgan fingerprint density at radius 1 is 1.35 bits per heavy atom. The minimum absolute atomic E-state index is 0.0189. The molecule has 2 aromatic rings. The van der Waals surface area contributed by atoms with Crippen LogP contribution in [0.3, 0.4) is 0 Å². The number of nitrogens with zero attached hydrogens (tertiary/aromatic N) is 2. The SMILES string of the molecule is COc1cccc(Cn2ccc(C)cc2=O)n1. The van der Waals surface area contributed by atoms with Crippen molar-refractivity contribution in [3.63, 3.8) is 0 Å². The Morgan fingerprint density at radius 2 is 2.18 bits per heavy atom. The van der Waals surface area contributed by atoms with Gasteiger partial charge in [0.1, 0.15) is 0 Å². The fourth-order valence-corrected chi connectivity index (χ4v) is 1.57. The maximum atomic E-state index is 11.7.